The lowest BCUT2D eigenvalue weighted by Gasteiger charge is -2.11. The smallest absolute Gasteiger partial charge is 0.124 e. The van der Waals surface area contributed by atoms with E-state index in [1.807, 2.05) is 13.0 Å². The SMILES string of the molecule is CCOC1=CC(I)=NNC1. The summed E-state index contributed by atoms with van der Waals surface area (Å²) >= 11 is 2.14. The molecule has 0 saturated carbocycles. The van der Waals surface area contributed by atoms with E-state index >= 15 is 0 Å². The van der Waals surface area contributed by atoms with E-state index in [9.17, 15) is 0 Å². The van der Waals surface area contributed by atoms with Gasteiger partial charge in [0.25, 0.3) is 0 Å². The molecule has 4 heteroatoms. The van der Waals surface area contributed by atoms with Gasteiger partial charge in [-0.3, -0.25) is 0 Å². The van der Waals surface area contributed by atoms with Crippen LogP contribution in [0.1, 0.15) is 6.92 Å². The van der Waals surface area contributed by atoms with Crippen molar-refractivity contribution in [2.45, 2.75) is 6.92 Å². The number of ether oxygens (including phenoxy) is 1. The van der Waals surface area contributed by atoms with E-state index < -0.39 is 0 Å². The van der Waals surface area contributed by atoms with Crippen LogP contribution in [0.2, 0.25) is 0 Å². The summed E-state index contributed by atoms with van der Waals surface area (Å²) in [5.74, 6) is 0.960. The molecule has 1 heterocycles. The van der Waals surface area contributed by atoms with Crippen molar-refractivity contribution in [3.63, 3.8) is 0 Å². The fourth-order valence-electron chi connectivity index (χ4n) is 0.687. The molecule has 3 nitrogen and oxygen atoms in total. The second-order valence-corrected chi connectivity index (χ2v) is 2.92. The summed E-state index contributed by atoms with van der Waals surface area (Å²) in [6.45, 7) is 3.40. The minimum Gasteiger partial charge on any atom is -0.496 e. The molecule has 0 atom stereocenters. The fraction of sp³-hybridized carbons (Fsp3) is 0.500. The summed E-state index contributed by atoms with van der Waals surface area (Å²) in [5, 5.41) is 3.96. The molecule has 0 radical (unpaired) electrons. The first kappa shape index (κ1) is 7.84. The van der Waals surface area contributed by atoms with Gasteiger partial charge in [0.15, 0.2) is 0 Å². The third-order valence-electron chi connectivity index (χ3n) is 1.05. The zero-order valence-electron chi connectivity index (χ0n) is 5.72. The number of nitrogens with one attached hydrogen (secondary N) is 1. The molecule has 0 amide bonds. The molecule has 1 N–H and O–H groups in total. The molecule has 0 aliphatic carbocycles. The second-order valence-electron chi connectivity index (χ2n) is 1.81. The Balaban J connectivity index is 2.51. The van der Waals surface area contributed by atoms with Crippen LogP contribution in [0.25, 0.3) is 0 Å². The fourth-order valence-corrected chi connectivity index (χ4v) is 1.21. The Kier molecular flexibility index (Phi) is 2.98. The topological polar surface area (TPSA) is 33.6 Å². The van der Waals surface area contributed by atoms with Crippen LogP contribution >= 0.6 is 22.6 Å². The quantitative estimate of drug-likeness (QED) is 0.750. The predicted molar refractivity (Wildman–Crippen MR) is 49.2 cm³/mol. The number of rotatable bonds is 2. The Morgan fingerprint density at radius 3 is 3.30 bits per heavy atom. The van der Waals surface area contributed by atoms with Crippen LogP contribution in [-0.2, 0) is 4.74 Å². The first-order valence-electron chi connectivity index (χ1n) is 3.12. The van der Waals surface area contributed by atoms with Crippen molar-refractivity contribution in [1.29, 1.82) is 0 Å². The van der Waals surface area contributed by atoms with E-state index in [0.29, 0.717) is 6.54 Å². The molecule has 0 aromatic rings. The number of hydrogen-bond donors (Lipinski definition) is 1. The Hall–Kier alpha value is -0.260. The lowest BCUT2D eigenvalue weighted by Crippen LogP contribution is -2.18. The number of hydrazone groups is 1. The minimum absolute atomic E-state index is 0.709. The number of hydrogen-bond acceptors (Lipinski definition) is 3. The first-order chi connectivity index (χ1) is 4.83. The maximum Gasteiger partial charge on any atom is 0.124 e. The molecule has 0 spiro atoms. The molecule has 1 rings (SSSR count). The van der Waals surface area contributed by atoms with E-state index in [0.717, 1.165) is 16.1 Å². The molecule has 1 aliphatic rings. The average molecular weight is 252 g/mol. The monoisotopic (exact) mass is 252 g/mol. The molecule has 0 saturated heterocycles. The molecule has 56 valence electrons. The first-order valence-corrected chi connectivity index (χ1v) is 4.20. The van der Waals surface area contributed by atoms with Crippen LogP contribution in [0.15, 0.2) is 16.9 Å². The lowest BCUT2D eigenvalue weighted by atomic mass is 10.4. The van der Waals surface area contributed by atoms with Crippen LogP contribution in [-0.4, -0.2) is 16.9 Å². The second kappa shape index (κ2) is 3.80. The molecule has 0 aromatic heterocycles. The minimum atomic E-state index is 0.709. The normalized spacial score (nSPS) is 17.0. The number of allylic oxidation sites excluding steroid dienone is 1. The molecule has 0 bridgehead atoms. The molecule has 1 aliphatic heterocycles. The van der Waals surface area contributed by atoms with Gasteiger partial charge >= 0.3 is 0 Å². The molecular formula is C6H9IN2O. The van der Waals surface area contributed by atoms with Crippen LogP contribution in [0, 0.1) is 0 Å². The highest BCUT2D eigenvalue weighted by Crippen LogP contribution is 2.04. The summed E-state index contributed by atoms with van der Waals surface area (Å²) in [6.07, 6.45) is 1.93. The maximum atomic E-state index is 5.27. The van der Waals surface area contributed by atoms with Crippen molar-refractivity contribution in [3.05, 3.63) is 11.8 Å². The van der Waals surface area contributed by atoms with Crippen molar-refractivity contribution in [2.24, 2.45) is 5.10 Å². The van der Waals surface area contributed by atoms with E-state index in [-0.39, 0.29) is 0 Å². The molecular weight excluding hydrogens is 243 g/mol. The van der Waals surface area contributed by atoms with Crippen molar-refractivity contribution < 1.29 is 4.74 Å². The summed E-state index contributed by atoms with van der Waals surface area (Å²) in [5.41, 5.74) is 2.86. The van der Waals surface area contributed by atoms with Gasteiger partial charge in [-0.25, -0.2) is 0 Å². The van der Waals surface area contributed by atoms with Crippen LogP contribution in [0.5, 0.6) is 0 Å². The van der Waals surface area contributed by atoms with Crippen LogP contribution < -0.4 is 5.43 Å². The highest BCUT2D eigenvalue weighted by atomic mass is 127. The van der Waals surface area contributed by atoms with Gasteiger partial charge in [-0.15, -0.1) is 0 Å². The van der Waals surface area contributed by atoms with E-state index in [1.54, 1.807) is 0 Å². The maximum absolute atomic E-state index is 5.27. The summed E-state index contributed by atoms with van der Waals surface area (Å²) in [6, 6.07) is 0. The van der Waals surface area contributed by atoms with Crippen molar-refractivity contribution >= 4 is 26.3 Å². The van der Waals surface area contributed by atoms with Gasteiger partial charge in [0.05, 0.1) is 13.2 Å². The Morgan fingerprint density at radius 1 is 1.90 bits per heavy atom. The van der Waals surface area contributed by atoms with Crippen molar-refractivity contribution in [2.75, 3.05) is 13.2 Å². The van der Waals surface area contributed by atoms with E-state index in [1.165, 1.54) is 0 Å². The number of nitrogens with zero attached hydrogens (tertiary/aromatic N) is 1. The number of halogens is 1. The van der Waals surface area contributed by atoms with Gasteiger partial charge < -0.3 is 10.2 Å². The van der Waals surface area contributed by atoms with Crippen molar-refractivity contribution in [3.8, 4) is 0 Å². The zero-order chi connectivity index (χ0) is 7.40. The predicted octanol–water partition coefficient (Wildman–Crippen LogP) is 1.26. The van der Waals surface area contributed by atoms with Gasteiger partial charge in [0.1, 0.15) is 9.48 Å². The molecule has 0 aromatic carbocycles. The summed E-state index contributed by atoms with van der Waals surface area (Å²) in [7, 11) is 0. The third-order valence-corrected chi connectivity index (χ3v) is 1.60. The average Bonchev–Trinajstić information content (AvgIpc) is 1.88. The van der Waals surface area contributed by atoms with Gasteiger partial charge in [0, 0.05) is 6.08 Å². The summed E-state index contributed by atoms with van der Waals surface area (Å²) < 4.78 is 6.20. The third kappa shape index (κ3) is 2.17. The Labute approximate surface area is 73.7 Å². The van der Waals surface area contributed by atoms with E-state index in [4.69, 9.17) is 4.74 Å². The van der Waals surface area contributed by atoms with Crippen molar-refractivity contribution in [1.82, 2.24) is 5.43 Å². The van der Waals surface area contributed by atoms with Gasteiger partial charge in [0.2, 0.25) is 0 Å². The van der Waals surface area contributed by atoms with Crippen LogP contribution in [0.3, 0.4) is 0 Å². The van der Waals surface area contributed by atoms with Gasteiger partial charge in [-0.1, -0.05) is 0 Å². The van der Waals surface area contributed by atoms with Gasteiger partial charge in [-0.05, 0) is 29.5 Å². The Bertz CT molecular complexity index is 177. The highest BCUT2D eigenvalue weighted by Gasteiger charge is 2.02. The Morgan fingerprint density at radius 2 is 2.70 bits per heavy atom. The standard InChI is InChI=1S/C6H9IN2O/c1-2-10-5-3-6(7)9-8-4-5/h3,8H,2,4H2,1H3. The molecule has 0 fully saturated rings. The zero-order valence-corrected chi connectivity index (χ0v) is 7.88. The summed E-state index contributed by atoms with van der Waals surface area (Å²) in [4.78, 5) is 0. The molecule has 10 heavy (non-hydrogen) atoms. The van der Waals surface area contributed by atoms with Gasteiger partial charge in [-0.2, -0.15) is 5.10 Å². The largest absolute Gasteiger partial charge is 0.496 e. The highest BCUT2D eigenvalue weighted by molar-refractivity contribution is 14.1. The van der Waals surface area contributed by atoms with E-state index in [2.05, 4.69) is 33.1 Å². The molecule has 0 unspecified atom stereocenters. The van der Waals surface area contributed by atoms with Crippen LogP contribution in [0.4, 0.5) is 0 Å². The lowest BCUT2D eigenvalue weighted by molar-refractivity contribution is 0.221.